The summed E-state index contributed by atoms with van der Waals surface area (Å²) in [7, 11) is 0. The van der Waals surface area contributed by atoms with Crippen LogP contribution in [0.2, 0.25) is 0 Å². The molecule has 0 saturated heterocycles. The van der Waals surface area contributed by atoms with E-state index in [1.165, 1.54) is 270 Å². The summed E-state index contributed by atoms with van der Waals surface area (Å²) in [5, 5.41) is 33.5. The van der Waals surface area contributed by atoms with Crippen LogP contribution in [0.1, 0.15) is 322 Å². The first-order chi connectivity index (χ1) is 31.5. The number of hydrogen-bond donors (Lipinski definition) is 4. The van der Waals surface area contributed by atoms with E-state index in [9.17, 15) is 20.1 Å². The lowest BCUT2D eigenvalue weighted by molar-refractivity contribution is -0.124. The van der Waals surface area contributed by atoms with Crippen LogP contribution in [-0.2, 0) is 4.79 Å². The van der Waals surface area contributed by atoms with Crippen LogP contribution in [0.5, 0.6) is 0 Å². The number of allylic oxidation sites excluding steroid dienone is 3. The van der Waals surface area contributed by atoms with Gasteiger partial charge in [-0.1, -0.05) is 295 Å². The minimum absolute atomic E-state index is 0.0141. The molecule has 0 rings (SSSR count). The molecule has 380 valence electrons. The molecule has 5 nitrogen and oxygen atoms in total. The highest BCUT2D eigenvalue weighted by atomic mass is 16.3. The Hall–Kier alpha value is -1.17. The Kier molecular flexibility index (Phi) is 53.4. The Bertz CT molecular complexity index is 951. The minimum atomic E-state index is -0.930. The highest BCUT2D eigenvalue weighted by Crippen LogP contribution is 2.18. The highest BCUT2D eigenvalue weighted by molar-refractivity contribution is 5.76. The van der Waals surface area contributed by atoms with Crippen molar-refractivity contribution in [3.05, 3.63) is 24.3 Å². The Morgan fingerprint density at radius 2 is 0.656 bits per heavy atom. The van der Waals surface area contributed by atoms with Crippen LogP contribution in [-0.4, -0.2) is 46.1 Å². The van der Waals surface area contributed by atoms with Crippen LogP contribution in [0.25, 0.3) is 0 Å². The molecule has 0 spiro atoms. The fraction of sp³-hybridized carbons (Fsp3) is 0.915. The topological polar surface area (TPSA) is 89.8 Å². The summed E-state index contributed by atoms with van der Waals surface area (Å²) in [5.41, 5.74) is 0. The number of aliphatic hydroxyl groups excluding tert-OH is 3. The molecule has 3 atom stereocenters. The van der Waals surface area contributed by atoms with Gasteiger partial charge in [0.2, 0.25) is 5.91 Å². The van der Waals surface area contributed by atoms with Gasteiger partial charge in [-0.25, -0.2) is 0 Å². The van der Waals surface area contributed by atoms with Gasteiger partial charge in [-0.3, -0.25) is 4.79 Å². The molecule has 0 aliphatic rings. The molecule has 0 aliphatic heterocycles. The number of nitrogens with one attached hydrogen (secondary N) is 1. The van der Waals surface area contributed by atoms with Crippen LogP contribution < -0.4 is 5.32 Å². The predicted molar refractivity (Wildman–Crippen MR) is 282 cm³/mol. The van der Waals surface area contributed by atoms with E-state index in [0.29, 0.717) is 6.42 Å². The van der Waals surface area contributed by atoms with Gasteiger partial charge in [0.05, 0.1) is 31.3 Å². The molecule has 0 aromatic heterocycles. The summed E-state index contributed by atoms with van der Waals surface area (Å²) in [5.74, 6) is -0.312. The average Bonchev–Trinajstić information content (AvgIpc) is 3.29. The average molecular weight is 903 g/mol. The quantitative estimate of drug-likeness (QED) is 0.0362. The van der Waals surface area contributed by atoms with Crippen molar-refractivity contribution < 1.29 is 20.1 Å². The monoisotopic (exact) mass is 902 g/mol. The predicted octanol–water partition coefficient (Wildman–Crippen LogP) is 18.1. The zero-order valence-electron chi connectivity index (χ0n) is 43.4. The van der Waals surface area contributed by atoms with E-state index in [-0.39, 0.29) is 18.9 Å². The van der Waals surface area contributed by atoms with Gasteiger partial charge in [-0.05, 0) is 44.9 Å². The van der Waals surface area contributed by atoms with Gasteiger partial charge in [0, 0.05) is 0 Å². The second kappa shape index (κ2) is 54.4. The summed E-state index contributed by atoms with van der Waals surface area (Å²) in [4.78, 5) is 12.5. The molecular formula is C59H115NO4. The second-order valence-electron chi connectivity index (χ2n) is 20.3. The summed E-state index contributed by atoms with van der Waals surface area (Å²) in [6.45, 7) is 4.25. The van der Waals surface area contributed by atoms with Crippen molar-refractivity contribution in [1.29, 1.82) is 0 Å². The first-order valence-corrected chi connectivity index (χ1v) is 29.1. The van der Waals surface area contributed by atoms with Crippen LogP contribution in [0.15, 0.2) is 24.3 Å². The van der Waals surface area contributed by atoms with Crippen molar-refractivity contribution in [2.75, 3.05) is 6.61 Å². The summed E-state index contributed by atoms with van der Waals surface area (Å²) in [6.07, 6.45) is 69.4. The van der Waals surface area contributed by atoms with Crippen molar-refractivity contribution >= 4 is 5.91 Å². The lowest BCUT2D eigenvalue weighted by atomic mass is 10.0. The molecule has 3 unspecified atom stereocenters. The van der Waals surface area contributed by atoms with E-state index in [1.54, 1.807) is 6.08 Å². The van der Waals surface area contributed by atoms with E-state index in [4.69, 9.17) is 0 Å². The first-order valence-electron chi connectivity index (χ1n) is 29.1. The van der Waals surface area contributed by atoms with Gasteiger partial charge in [-0.15, -0.1) is 0 Å². The summed E-state index contributed by atoms with van der Waals surface area (Å²) >= 11 is 0. The number of unbranched alkanes of at least 4 members (excludes halogenated alkanes) is 43. The van der Waals surface area contributed by atoms with E-state index in [1.807, 2.05) is 6.08 Å². The van der Waals surface area contributed by atoms with Gasteiger partial charge in [0.1, 0.15) is 0 Å². The molecule has 0 saturated carbocycles. The number of rotatable bonds is 54. The van der Waals surface area contributed by atoms with Crippen LogP contribution in [0.3, 0.4) is 0 Å². The third-order valence-electron chi connectivity index (χ3n) is 13.7. The molecule has 0 heterocycles. The Labute approximate surface area is 401 Å². The van der Waals surface area contributed by atoms with E-state index in [2.05, 4.69) is 31.3 Å². The molecule has 0 bridgehead atoms. The largest absolute Gasteiger partial charge is 0.394 e. The van der Waals surface area contributed by atoms with Crippen LogP contribution in [0, 0.1) is 0 Å². The fourth-order valence-corrected chi connectivity index (χ4v) is 9.28. The first kappa shape index (κ1) is 62.8. The van der Waals surface area contributed by atoms with Gasteiger partial charge in [0.15, 0.2) is 0 Å². The maximum absolute atomic E-state index is 12.5. The van der Waals surface area contributed by atoms with Crippen LogP contribution in [0.4, 0.5) is 0 Å². The van der Waals surface area contributed by atoms with Crippen molar-refractivity contribution in [2.45, 2.75) is 340 Å². The Morgan fingerprint density at radius 3 is 0.953 bits per heavy atom. The Morgan fingerprint density at radius 1 is 0.391 bits per heavy atom. The Balaban J connectivity index is 3.56. The van der Waals surface area contributed by atoms with Crippen LogP contribution >= 0.6 is 0 Å². The molecular weight excluding hydrogens is 787 g/mol. The number of carbonyl (C=O) groups excluding carboxylic acids is 1. The summed E-state index contributed by atoms with van der Waals surface area (Å²) in [6, 6.07) is -0.745. The second-order valence-corrected chi connectivity index (χ2v) is 20.3. The van der Waals surface area contributed by atoms with Crippen molar-refractivity contribution in [2.24, 2.45) is 0 Å². The standard InChI is InChI=1S/C59H115NO4/c1-3-5-7-9-11-13-15-17-19-21-23-25-27-29-31-33-35-37-39-41-43-45-47-49-51-53-58(63)57(55-61)60-59(64)54-56(62)52-50-48-46-44-42-40-38-36-34-32-30-28-26-24-22-20-18-16-14-12-10-8-6-4-2/h30,32,51,53,56-58,61-63H,3-29,31,33-50,52,54-55H2,1-2H3,(H,60,64)/b32-30-,53-51+. The van der Waals surface area contributed by atoms with Crippen molar-refractivity contribution in [3.63, 3.8) is 0 Å². The van der Waals surface area contributed by atoms with E-state index >= 15 is 0 Å². The van der Waals surface area contributed by atoms with Crippen molar-refractivity contribution in [1.82, 2.24) is 5.32 Å². The highest BCUT2D eigenvalue weighted by Gasteiger charge is 2.20. The van der Waals surface area contributed by atoms with Crippen molar-refractivity contribution in [3.8, 4) is 0 Å². The maximum atomic E-state index is 12.5. The molecule has 0 aromatic rings. The van der Waals surface area contributed by atoms with Gasteiger partial charge in [-0.2, -0.15) is 0 Å². The molecule has 0 fully saturated rings. The number of amides is 1. The lowest BCUT2D eigenvalue weighted by Crippen LogP contribution is -2.45. The summed E-state index contributed by atoms with van der Waals surface area (Å²) < 4.78 is 0. The zero-order valence-corrected chi connectivity index (χ0v) is 43.4. The zero-order chi connectivity index (χ0) is 46.5. The normalized spacial score (nSPS) is 13.4. The number of aliphatic hydroxyl groups is 3. The van der Waals surface area contributed by atoms with Gasteiger partial charge >= 0.3 is 0 Å². The third kappa shape index (κ3) is 50.2. The van der Waals surface area contributed by atoms with E-state index in [0.717, 1.165) is 25.7 Å². The fourth-order valence-electron chi connectivity index (χ4n) is 9.28. The SMILES string of the molecule is CCCCCCCCCCCCCC/C=C\CCCCCCCCCCC(O)CC(=O)NC(CO)C(O)/C=C/CCCCCCCCCCCCCCCCCCCCCCCCC. The van der Waals surface area contributed by atoms with Gasteiger partial charge < -0.3 is 20.6 Å². The third-order valence-corrected chi connectivity index (χ3v) is 13.7. The van der Waals surface area contributed by atoms with E-state index < -0.39 is 18.2 Å². The molecule has 5 heteroatoms. The smallest absolute Gasteiger partial charge is 0.222 e. The number of carbonyl (C=O) groups is 1. The molecule has 0 aliphatic carbocycles. The molecule has 4 N–H and O–H groups in total. The molecule has 0 aromatic carbocycles. The minimum Gasteiger partial charge on any atom is -0.394 e. The molecule has 64 heavy (non-hydrogen) atoms. The van der Waals surface area contributed by atoms with Gasteiger partial charge in [0.25, 0.3) is 0 Å². The number of hydrogen-bond acceptors (Lipinski definition) is 4. The molecule has 0 radical (unpaired) electrons. The maximum Gasteiger partial charge on any atom is 0.222 e. The lowest BCUT2D eigenvalue weighted by Gasteiger charge is -2.21. The molecule has 1 amide bonds.